The van der Waals surface area contributed by atoms with Gasteiger partial charge in [0.1, 0.15) is 5.82 Å². The van der Waals surface area contributed by atoms with Crippen molar-refractivity contribution in [1.29, 1.82) is 0 Å². The molecule has 23 heavy (non-hydrogen) atoms. The van der Waals surface area contributed by atoms with E-state index in [2.05, 4.69) is 19.6 Å². The molecule has 0 bridgehead atoms. The van der Waals surface area contributed by atoms with Crippen molar-refractivity contribution in [1.82, 2.24) is 9.97 Å². The first-order valence-corrected chi connectivity index (χ1v) is 8.88. The Labute approximate surface area is 134 Å². The lowest BCUT2D eigenvalue weighted by Gasteiger charge is -2.26. The fourth-order valence-corrected chi connectivity index (χ4v) is 3.49. The monoisotopic (exact) mass is 336 g/mol. The molecule has 8 heteroatoms. The third-order valence-corrected chi connectivity index (χ3v) is 5.05. The second-order valence-electron chi connectivity index (χ2n) is 5.38. The predicted octanol–water partition coefficient (Wildman–Crippen LogP) is 2.41. The lowest BCUT2D eigenvalue weighted by atomic mass is 10.1. The molecule has 2 heterocycles. The summed E-state index contributed by atoms with van der Waals surface area (Å²) < 4.78 is 39.7. The summed E-state index contributed by atoms with van der Waals surface area (Å²) in [5.41, 5.74) is 0.273. The van der Waals surface area contributed by atoms with Gasteiger partial charge in [-0.3, -0.25) is 4.72 Å². The molecule has 2 aromatic rings. The van der Waals surface area contributed by atoms with Crippen LogP contribution in [0.15, 0.2) is 41.6 Å². The first-order chi connectivity index (χ1) is 11.0. The van der Waals surface area contributed by atoms with Crippen molar-refractivity contribution in [3.63, 3.8) is 0 Å². The average Bonchev–Trinajstić information content (AvgIpc) is 2.56. The van der Waals surface area contributed by atoms with Crippen LogP contribution in [0.1, 0.15) is 19.3 Å². The minimum Gasteiger partial charge on any atom is -0.341 e. The molecule has 3 rings (SSSR count). The van der Waals surface area contributed by atoms with Crippen LogP contribution in [0.3, 0.4) is 0 Å². The molecule has 0 spiro atoms. The van der Waals surface area contributed by atoms with Gasteiger partial charge in [0.15, 0.2) is 0 Å². The smallest absolute Gasteiger partial charge is 0.261 e. The summed E-state index contributed by atoms with van der Waals surface area (Å²) in [6.07, 6.45) is 6.33. The number of halogens is 1. The number of aromatic nitrogens is 2. The summed E-state index contributed by atoms with van der Waals surface area (Å²) in [7, 11) is -3.78. The van der Waals surface area contributed by atoms with Crippen LogP contribution in [0, 0.1) is 5.82 Å². The second kappa shape index (κ2) is 6.49. The molecule has 0 saturated carbocycles. The van der Waals surface area contributed by atoms with Crippen molar-refractivity contribution in [3.05, 3.63) is 42.5 Å². The molecular formula is C15H17FN4O2S. The largest absolute Gasteiger partial charge is 0.341 e. The van der Waals surface area contributed by atoms with E-state index < -0.39 is 15.8 Å². The zero-order valence-corrected chi connectivity index (χ0v) is 13.3. The van der Waals surface area contributed by atoms with Gasteiger partial charge in [0.05, 0.1) is 23.0 Å². The fourth-order valence-electron chi connectivity index (χ4n) is 2.46. The van der Waals surface area contributed by atoms with Crippen LogP contribution in [-0.4, -0.2) is 31.5 Å². The van der Waals surface area contributed by atoms with Gasteiger partial charge in [0.25, 0.3) is 10.0 Å². The molecule has 1 aromatic carbocycles. The van der Waals surface area contributed by atoms with Gasteiger partial charge < -0.3 is 4.90 Å². The number of hydrogen-bond acceptors (Lipinski definition) is 5. The SMILES string of the molecule is O=S(=O)(Nc1cnc(N2CCCCC2)nc1)c1ccc(F)cc1. The Morgan fingerprint density at radius 1 is 1.00 bits per heavy atom. The number of nitrogens with one attached hydrogen (secondary N) is 1. The molecular weight excluding hydrogens is 319 g/mol. The minimum atomic E-state index is -3.78. The Hall–Kier alpha value is -2.22. The number of hydrogen-bond donors (Lipinski definition) is 1. The summed E-state index contributed by atoms with van der Waals surface area (Å²) >= 11 is 0. The van der Waals surface area contributed by atoms with Crippen molar-refractivity contribution >= 4 is 21.7 Å². The Balaban J connectivity index is 1.73. The van der Waals surface area contributed by atoms with E-state index in [1.807, 2.05) is 0 Å². The van der Waals surface area contributed by atoms with Gasteiger partial charge in [-0.15, -0.1) is 0 Å². The van der Waals surface area contributed by atoms with Gasteiger partial charge in [0.2, 0.25) is 5.95 Å². The third kappa shape index (κ3) is 3.76. The van der Waals surface area contributed by atoms with E-state index in [9.17, 15) is 12.8 Å². The van der Waals surface area contributed by atoms with Crippen LogP contribution >= 0.6 is 0 Å². The summed E-state index contributed by atoms with van der Waals surface area (Å²) in [5.74, 6) is 0.118. The molecule has 1 N–H and O–H groups in total. The normalized spacial score (nSPS) is 15.4. The summed E-state index contributed by atoms with van der Waals surface area (Å²) in [5, 5.41) is 0. The highest BCUT2D eigenvalue weighted by Crippen LogP contribution is 2.18. The van der Waals surface area contributed by atoms with Gasteiger partial charge in [-0.05, 0) is 43.5 Å². The van der Waals surface area contributed by atoms with E-state index in [1.165, 1.54) is 30.9 Å². The Kier molecular flexibility index (Phi) is 4.42. The number of piperidine rings is 1. The summed E-state index contributed by atoms with van der Waals surface area (Å²) in [4.78, 5) is 10.5. The van der Waals surface area contributed by atoms with Gasteiger partial charge in [-0.2, -0.15) is 0 Å². The standard InChI is InChI=1S/C15H17FN4O2S/c16-12-4-6-14(7-5-12)23(21,22)19-13-10-17-15(18-11-13)20-8-2-1-3-9-20/h4-7,10-11,19H,1-3,8-9H2. The molecule has 1 fully saturated rings. The number of nitrogens with zero attached hydrogens (tertiary/aromatic N) is 3. The number of sulfonamides is 1. The maximum Gasteiger partial charge on any atom is 0.261 e. The van der Waals surface area contributed by atoms with Crippen molar-refractivity contribution in [3.8, 4) is 0 Å². The molecule has 0 aliphatic carbocycles. The van der Waals surface area contributed by atoms with Crippen molar-refractivity contribution in [2.45, 2.75) is 24.2 Å². The molecule has 1 aliphatic rings. The molecule has 122 valence electrons. The van der Waals surface area contributed by atoms with E-state index >= 15 is 0 Å². The molecule has 6 nitrogen and oxygen atoms in total. The van der Waals surface area contributed by atoms with E-state index in [1.54, 1.807) is 0 Å². The lowest BCUT2D eigenvalue weighted by Crippen LogP contribution is -2.30. The van der Waals surface area contributed by atoms with E-state index in [4.69, 9.17) is 0 Å². The number of benzene rings is 1. The third-order valence-electron chi connectivity index (χ3n) is 3.65. The highest BCUT2D eigenvalue weighted by molar-refractivity contribution is 7.92. The highest BCUT2D eigenvalue weighted by atomic mass is 32.2. The average molecular weight is 336 g/mol. The summed E-state index contributed by atoms with van der Waals surface area (Å²) in [6.45, 7) is 1.83. The molecule has 1 aromatic heterocycles. The minimum absolute atomic E-state index is 0.0148. The second-order valence-corrected chi connectivity index (χ2v) is 7.06. The molecule has 0 amide bonds. The van der Waals surface area contributed by atoms with Crippen molar-refractivity contribution in [2.75, 3.05) is 22.7 Å². The van der Waals surface area contributed by atoms with Gasteiger partial charge >= 0.3 is 0 Å². The van der Waals surface area contributed by atoms with E-state index in [0.717, 1.165) is 38.1 Å². The lowest BCUT2D eigenvalue weighted by molar-refractivity contribution is 0.568. The zero-order valence-electron chi connectivity index (χ0n) is 12.4. The Morgan fingerprint density at radius 2 is 1.61 bits per heavy atom. The first-order valence-electron chi connectivity index (χ1n) is 7.40. The van der Waals surface area contributed by atoms with Crippen LogP contribution in [0.2, 0.25) is 0 Å². The van der Waals surface area contributed by atoms with Crippen LogP contribution < -0.4 is 9.62 Å². The van der Waals surface area contributed by atoms with Crippen LogP contribution in [0.4, 0.5) is 16.0 Å². The van der Waals surface area contributed by atoms with Crippen LogP contribution in [0.5, 0.6) is 0 Å². The Bertz CT molecular complexity index is 757. The van der Waals surface area contributed by atoms with Gasteiger partial charge in [-0.1, -0.05) is 0 Å². The molecule has 0 unspecified atom stereocenters. The van der Waals surface area contributed by atoms with Crippen molar-refractivity contribution < 1.29 is 12.8 Å². The maximum absolute atomic E-state index is 12.9. The number of rotatable bonds is 4. The molecule has 0 radical (unpaired) electrons. The van der Waals surface area contributed by atoms with Gasteiger partial charge in [0, 0.05) is 13.1 Å². The van der Waals surface area contributed by atoms with E-state index in [-0.39, 0.29) is 10.6 Å². The summed E-state index contributed by atoms with van der Waals surface area (Å²) in [6, 6.07) is 4.62. The van der Waals surface area contributed by atoms with Gasteiger partial charge in [-0.25, -0.2) is 22.8 Å². The number of anilines is 2. The first kappa shape index (κ1) is 15.7. The predicted molar refractivity (Wildman–Crippen MR) is 85.3 cm³/mol. The van der Waals surface area contributed by atoms with Crippen LogP contribution in [-0.2, 0) is 10.0 Å². The molecule has 1 saturated heterocycles. The maximum atomic E-state index is 12.9. The quantitative estimate of drug-likeness (QED) is 0.928. The molecule has 0 atom stereocenters. The Morgan fingerprint density at radius 3 is 2.22 bits per heavy atom. The zero-order chi connectivity index (χ0) is 16.3. The molecule has 1 aliphatic heterocycles. The fraction of sp³-hybridized carbons (Fsp3) is 0.333. The topological polar surface area (TPSA) is 75.2 Å². The highest BCUT2D eigenvalue weighted by Gasteiger charge is 2.16. The van der Waals surface area contributed by atoms with E-state index in [0.29, 0.717) is 5.95 Å². The van der Waals surface area contributed by atoms with Crippen molar-refractivity contribution in [2.24, 2.45) is 0 Å². The van der Waals surface area contributed by atoms with Crippen LogP contribution in [0.25, 0.3) is 0 Å².